The van der Waals surface area contributed by atoms with E-state index >= 15 is 0 Å². The van der Waals surface area contributed by atoms with Crippen LogP contribution in [-0.4, -0.2) is 32.3 Å². The molecule has 5 nitrogen and oxygen atoms in total. The molecule has 0 bridgehead atoms. The Kier molecular flexibility index (Phi) is 7.67. The molecule has 1 amide bonds. The predicted molar refractivity (Wildman–Crippen MR) is 92.9 cm³/mol. The van der Waals surface area contributed by atoms with Crippen molar-refractivity contribution < 1.29 is 27.8 Å². The zero-order valence-corrected chi connectivity index (χ0v) is 14.4. The van der Waals surface area contributed by atoms with Crippen molar-refractivity contribution in [3.8, 4) is 17.2 Å². The average Bonchev–Trinajstić information content (AvgIpc) is 2.62. The van der Waals surface area contributed by atoms with Crippen LogP contribution in [0.4, 0.5) is 8.78 Å². The van der Waals surface area contributed by atoms with Crippen LogP contribution in [-0.2, 0) is 11.2 Å². The fourth-order valence-corrected chi connectivity index (χ4v) is 2.22. The van der Waals surface area contributed by atoms with Crippen molar-refractivity contribution >= 4 is 5.91 Å². The van der Waals surface area contributed by atoms with Gasteiger partial charge in [-0.25, -0.2) is 0 Å². The van der Waals surface area contributed by atoms with Crippen LogP contribution in [0, 0.1) is 0 Å². The van der Waals surface area contributed by atoms with E-state index in [2.05, 4.69) is 10.1 Å². The van der Waals surface area contributed by atoms with E-state index in [1.807, 2.05) is 13.0 Å². The summed E-state index contributed by atoms with van der Waals surface area (Å²) in [7, 11) is 0. The van der Waals surface area contributed by atoms with Gasteiger partial charge in [0.25, 0.3) is 5.91 Å². The highest BCUT2D eigenvalue weighted by molar-refractivity contribution is 5.77. The lowest BCUT2D eigenvalue weighted by Crippen LogP contribution is -2.30. The van der Waals surface area contributed by atoms with E-state index in [9.17, 15) is 13.6 Å². The van der Waals surface area contributed by atoms with Crippen LogP contribution in [0.25, 0.3) is 0 Å². The Morgan fingerprint density at radius 3 is 2.31 bits per heavy atom. The Morgan fingerprint density at radius 1 is 1.04 bits per heavy atom. The SMILES string of the molecule is CCOc1ccccc1OCC(=O)NCCc1ccc(OC(F)F)cc1. The molecule has 0 heterocycles. The number of carbonyl (C=O) groups is 1. The van der Waals surface area contributed by atoms with E-state index in [1.54, 1.807) is 30.3 Å². The molecule has 140 valence electrons. The maximum Gasteiger partial charge on any atom is 0.387 e. The van der Waals surface area contributed by atoms with Crippen LogP contribution < -0.4 is 19.5 Å². The fraction of sp³-hybridized carbons (Fsp3) is 0.316. The molecule has 0 saturated heterocycles. The largest absolute Gasteiger partial charge is 0.490 e. The van der Waals surface area contributed by atoms with Gasteiger partial charge in [-0.1, -0.05) is 24.3 Å². The monoisotopic (exact) mass is 365 g/mol. The standard InChI is InChI=1S/C19H21F2NO4/c1-2-24-16-5-3-4-6-17(16)25-13-18(23)22-12-11-14-7-9-15(10-8-14)26-19(20)21/h3-10,19H,2,11-13H2,1H3,(H,22,23). The maximum absolute atomic E-state index is 12.1. The number of halogens is 2. The second kappa shape index (κ2) is 10.2. The van der Waals surface area contributed by atoms with Gasteiger partial charge in [0.15, 0.2) is 18.1 Å². The topological polar surface area (TPSA) is 56.8 Å². The first-order chi connectivity index (χ1) is 12.6. The third kappa shape index (κ3) is 6.58. The van der Waals surface area contributed by atoms with Crippen molar-refractivity contribution in [3.05, 3.63) is 54.1 Å². The van der Waals surface area contributed by atoms with Crippen molar-refractivity contribution in [2.45, 2.75) is 20.0 Å². The van der Waals surface area contributed by atoms with Gasteiger partial charge in [-0.05, 0) is 43.2 Å². The minimum Gasteiger partial charge on any atom is -0.490 e. The molecule has 2 rings (SSSR count). The molecule has 0 aliphatic heterocycles. The first-order valence-corrected chi connectivity index (χ1v) is 8.23. The lowest BCUT2D eigenvalue weighted by atomic mass is 10.1. The molecule has 0 aliphatic rings. The van der Waals surface area contributed by atoms with Gasteiger partial charge < -0.3 is 19.5 Å². The maximum atomic E-state index is 12.1. The van der Waals surface area contributed by atoms with Gasteiger partial charge in [0.2, 0.25) is 0 Å². The summed E-state index contributed by atoms with van der Waals surface area (Å²) in [6.45, 7) is -0.174. The number of nitrogens with one attached hydrogen (secondary N) is 1. The Labute approximate surface area is 150 Å². The second-order valence-electron chi connectivity index (χ2n) is 5.29. The molecular weight excluding hydrogens is 344 g/mol. The third-order valence-corrected chi connectivity index (χ3v) is 3.39. The molecular formula is C19H21F2NO4. The van der Waals surface area contributed by atoms with E-state index in [1.165, 1.54) is 12.1 Å². The van der Waals surface area contributed by atoms with Crippen molar-refractivity contribution in [2.24, 2.45) is 0 Å². The zero-order chi connectivity index (χ0) is 18.8. The summed E-state index contributed by atoms with van der Waals surface area (Å²) < 4.78 is 39.4. The molecule has 0 fully saturated rings. The molecule has 0 spiro atoms. The Morgan fingerprint density at radius 2 is 1.69 bits per heavy atom. The van der Waals surface area contributed by atoms with Crippen molar-refractivity contribution in [3.63, 3.8) is 0 Å². The minimum absolute atomic E-state index is 0.106. The van der Waals surface area contributed by atoms with Crippen LogP contribution in [0.1, 0.15) is 12.5 Å². The van der Waals surface area contributed by atoms with Gasteiger partial charge in [-0.3, -0.25) is 4.79 Å². The molecule has 1 N–H and O–H groups in total. The van der Waals surface area contributed by atoms with Crippen LogP contribution in [0.5, 0.6) is 17.2 Å². The predicted octanol–water partition coefficient (Wildman–Crippen LogP) is 3.42. The van der Waals surface area contributed by atoms with E-state index in [-0.39, 0.29) is 18.3 Å². The van der Waals surface area contributed by atoms with Crippen molar-refractivity contribution in [1.29, 1.82) is 0 Å². The van der Waals surface area contributed by atoms with Gasteiger partial charge in [-0.15, -0.1) is 0 Å². The number of hydrogen-bond donors (Lipinski definition) is 1. The van der Waals surface area contributed by atoms with Crippen molar-refractivity contribution in [1.82, 2.24) is 5.32 Å². The smallest absolute Gasteiger partial charge is 0.387 e. The van der Waals surface area contributed by atoms with Crippen LogP contribution in [0.3, 0.4) is 0 Å². The van der Waals surface area contributed by atoms with E-state index in [0.29, 0.717) is 31.1 Å². The zero-order valence-electron chi connectivity index (χ0n) is 14.4. The highest BCUT2D eigenvalue weighted by Crippen LogP contribution is 2.26. The average molecular weight is 365 g/mol. The van der Waals surface area contributed by atoms with Gasteiger partial charge in [-0.2, -0.15) is 8.78 Å². The number of rotatable bonds is 10. The molecule has 0 radical (unpaired) electrons. The fourth-order valence-electron chi connectivity index (χ4n) is 2.22. The second-order valence-corrected chi connectivity index (χ2v) is 5.29. The summed E-state index contributed by atoms with van der Waals surface area (Å²) in [4.78, 5) is 11.9. The Hall–Kier alpha value is -2.83. The van der Waals surface area contributed by atoms with Gasteiger partial charge in [0.1, 0.15) is 5.75 Å². The number of carbonyl (C=O) groups excluding carboxylic acids is 1. The quantitative estimate of drug-likeness (QED) is 0.701. The first-order valence-electron chi connectivity index (χ1n) is 8.23. The summed E-state index contributed by atoms with van der Waals surface area (Å²) in [6, 6.07) is 13.4. The van der Waals surface area contributed by atoms with Crippen LogP contribution in [0.2, 0.25) is 0 Å². The lowest BCUT2D eigenvalue weighted by molar-refractivity contribution is -0.123. The van der Waals surface area contributed by atoms with Gasteiger partial charge >= 0.3 is 6.61 Å². The summed E-state index contributed by atoms with van der Waals surface area (Å²) in [5, 5.41) is 2.74. The van der Waals surface area contributed by atoms with Crippen LogP contribution in [0.15, 0.2) is 48.5 Å². The molecule has 0 aliphatic carbocycles. The number of hydrogen-bond acceptors (Lipinski definition) is 4. The van der Waals surface area contributed by atoms with Gasteiger partial charge in [0, 0.05) is 6.54 Å². The summed E-state index contributed by atoms with van der Waals surface area (Å²) in [5.74, 6) is 0.955. The number of benzene rings is 2. The summed E-state index contributed by atoms with van der Waals surface area (Å²) in [5.41, 5.74) is 0.898. The molecule has 2 aromatic carbocycles. The first kappa shape index (κ1) is 19.5. The molecule has 0 saturated carbocycles. The molecule has 0 atom stereocenters. The highest BCUT2D eigenvalue weighted by atomic mass is 19.3. The Bertz CT molecular complexity index is 692. The summed E-state index contributed by atoms with van der Waals surface area (Å²) >= 11 is 0. The van der Waals surface area contributed by atoms with E-state index in [4.69, 9.17) is 9.47 Å². The number of ether oxygens (including phenoxy) is 3. The third-order valence-electron chi connectivity index (χ3n) is 3.39. The number of alkyl halides is 2. The molecule has 7 heteroatoms. The molecule has 2 aromatic rings. The molecule has 26 heavy (non-hydrogen) atoms. The summed E-state index contributed by atoms with van der Waals surface area (Å²) in [6.07, 6.45) is 0.566. The van der Waals surface area contributed by atoms with Crippen LogP contribution >= 0.6 is 0 Å². The number of amides is 1. The lowest BCUT2D eigenvalue weighted by Gasteiger charge is -2.11. The Balaban J connectivity index is 1.72. The normalized spacial score (nSPS) is 10.5. The number of para-hydroxylation sites is 2. The minimum atomic E-state index is -2.84. The van der Waals surface area contributed by atoms with Gasteiger partial charge in [0.05, 0.1) is 6.61 Å². The van der Waals surface area contributed by atoms with Crippen molar-refractivity contribution in [2.75, 3.05) is 19.8 Å². The molecule has 0 aromatic heterocycles. The van der Waals surface area contributed by atoms with E-state index in [0.717, 1.165) is 5.56 Å². The highest BCUT2D eigenvalue weighted by Gasteiger charge is 2.07. The van der Waals surface area contributed by atoms with E-state index < -0.39 is 6.61 Å². The molecule has 0 unspecified atom stereocenters.